The summed E-state index contributed by atoms with van der Waals surface area (Å²) in [5.74, 6) is 0. The van der Waals surface area contributed by atoms with Gasteiger partial charge in [-0.15, -0.1) is 4.08 Å². The Labute approximate surface area is 77.6 Å². The SMILES string of the molecule is CCOP(O)(=S)N(C)S(C)(=O)=O. The minimum atomic E-state index is -3.48. The second-order valence-corrected chi connectivity index (χ2v) is 7.66. The second kappa shape index (κ2) is 4.13. The van der Waals surface area contributed by atoms with Crippen molar-refractivity contribution in [3.8, 4) is 0 Å². The molecule has 0 heterocycles. The quantitative estimate of drug-likeness (QED) is 0.699. The van der Waals surface area contributed by atoms with Gasteiger partial charge in [0, 0.05) is 7.05 Å². The first-order valence-electron chi connectivity index (χ1n) is 3.13. The lowest BCUT2D eigenvalue weighted by Gasteiger charge is -2.23. The highest BCUT2D eigenvalue weighted by molar-refractivity contribution is 8.13. The van der Waals surface area contributed by atoms with Crippen LogP contribution in [-0.4, -0.2) is 37.3 Å². The van der Waals surface area contributed by atoms with Crippen LogP contribution in [0, 0.1) is 0 Å². The average Bonchev–Trinajstić information content (AvgIpc) is 1.84. The molecule has 74 valence electrons. The molecule has 0 aromatic heterocycles. The lowest BCUT2D eigenvalue weighted by atomic mass is 10.9. The summed E-state index contributed by atoms with van der Waals surface area (Å²) in [5, 5.41) is 0. The molecular formula is C4H12NO4PS2. The maximum Gasteiger partial charge on any atom is 0.274 e. The molecule has 5 nitrogen and oxygen atoms in total. The molecule has 8 heteroatoms. The second-order valence-electron chi connectivity index (χ2n) is 2.11. The van der Waals surface area contributed by atoms with Crippen molar-refractivity contribution in [2.75, 3.05) is 19.9 Å². The van der Waals surface area contributed by atoms with E-state index in [9.17, 15) is 13.3 Å². The summed E-state index contributed by atoms with van der Waals surface area (Å²) in [6.07, 6.45) is 0.962. The molecule has 0 aromatic rings. The molecule has 1 atom stereocenters. The van der Waals surface area contributed by atoms with E-state index in [2.05, 4.69) is 11.8 Å². The van der Waals surface area contributed by atoms with Crippen LogP contribution in [-0.2, 0) is 26.4 Å². The van der Waals surface area contributed by atoms with Gasteiger partial charge in [0.15, 0.2) is 0 Å². The van der Waals surface area contributed by atoms with Crippen LogP contribution < -0.4 is 0 Å². The van der Waals surface area contributed by atoms with Gasteiger partial charge in [-0.2, -0.15) is 0 Å². The summed E-state index contributed by atoms with van der Waals surface area (Å²) in [4.78, 5) is 9.37. The third-order valence-corrected chi connectivity index (χ3v) is 6.31. The molecule has 0 aliphatic heterocycles. The van der Waals surface area contributed by atoms with E-state index in [0.29, 0.717) is 4.08 Å². The number of hydrogen-bond acceptors (Lipinski definition) is 4. The van der Waals surface area contributed by atoms with E-state index in [-0.39, 0.29) is 6.61 Å². The largest absolute Gasteiger partial charge is 0.333 e. The Bertz CT molecular complexity index is 287. The Morgan fingerprint density at radius 1 is 1.67 bits per heavy atom. The first-order valence-corrected chi connectivity index (χ1v) is 7.61. The molecule has 0 spiro atoms. The van der Waals surface area contributed by atoms with Crippen LogP contribution in [0.15, 0.2) is 0 Å². The number of hydrogen-bond donors (Lipinski definition) is 1. The first kappa shape index (κ1) is 12.5. The van der Waals surface area contributed by atoms with Crippen molar-refractivity contribution in [2.45, 2.75) is 6.92 Å². The summed E-state index contributed by atoms with van der Waals surface area (Å²) in [6.45, 7) is -1.51. The molecule has 0 rings (SSSR count). The first-order chi connectivity index (χ1) is 5.22. The van der Waals surface area contributed by atoms with Crippen LogP contribution in [0.5, 0.6) is 0 Å². The molecule has 0 saturated carbocycles. The zero-order chi connectivity index (χ0) is 9.99. The van der Waals surface area contributed by atoms with Gasteiger partial charge in [-0.05, 0) is 18.7 Å². The minimum Gasteiger partial charge on any atom is -0.333 e. The molecule has 0 bridgehead atoms. The van der Waals surface area contributed by atoms with Crippen molar-refractivity contribution in [3.05, 3.63) is 0 Å². The van der Waals surface area contributed by atoms with Gasteiger partial charge < -0.3 is 9.42 Å². The smallest absolute Gasteiger partial charge is 0.274 e. The lowest BCUT2D eigenvalue weighted by Crippen LogP contribution is -2.23. The number of rotatable bonds is 4. The van der Waals surface area contributed by atoms with Gasteiger partial charge in [0.25, 0.3) is 6.64 Å². The number of sulfonamides is 1. The molecule has 12 heavy (non-hydrogen) atoms. The predicted molar refractivity (Wildman–Crippen MR) is 50.7 cm³/mol. The third-order valence-electron chi connectivity index (χ3n) is 1.13. The van der Waals surface area contributed by atoms with Crippen molar-refractivity contribution in [2.24, 2.45) is 0 Å². The van der Waals surface area contributed by atoms with Crippen LogP contribution in [0.4, 0.5) is 0 Å². The van der Waals surface area contributed by atoms with E-state index < -0.39 is 16.7 Å². The van der Waals surface area contributed by atoms with Crippen molar-refractivity contribution in [1.29, 1.82) is 0 Å². The molecule has 0 radical (unpaired) electrons. The maximum absolute atomic E-state index is 10.9. The van der Waals surface area contributed by atoms with Gasteiger partial charge in [0.1, 0.15) is 0 Å². The van der Waals surface area contributed by atoms with Gasteiger partial charge in [-0.25, -0.2) is 8.42 Å². The predicted octanol–water partition coefficient (Wildman–Crippen LogP) is 0.131. The zero-order valence-corrected chi connectivity index (χ0v) is 9.62. The van der Waals surface area contributed by atoms with Crippen LogP contribution in [0.25, 0.3) is 0 Å². The lowest BCUT2D eigenvalue weighted by molar-refractivity contribution is 0.303. The maximum atomic E-state index is 10.9. The van der Waals surface area contributed by atoms with E-state index in [1.807, 2.05) is 0 Å². The molecule has 1 unspecified atom stereocenters. The van der Waals surface area contributed by atoms with Gasteiger partial charge in [0.05, 0.1) is 12.9 Å². The van der Waals surface area contributed by atoms with Crippen molar-refractivity contribution in [1.82, 2.24) is 4.08 Å². The Kier molecular flexibility index (Phi) is 4.29. The summed E-state index contributed by atoms with van der Waals surface area (Å²) in [5.41, 5.74) is 0. The van der Waals surface area contributed by atoms with Gasteiger partial charge >= 0.3 is 0 Å². The highest BCUT2D eigenvalue weighted by atomic mass is 32.5. The molecule has 0 amide bonds. The van der Waals surface area contributed by atoms with Crippen molar-refractivity contribution in [3.63, 3.8) is 0 Å². The standard InChI is InChI=1S/C4H12NO4PS2/c1-4-9-10(6,11)5(2)12(3,7)8/h4H2,1-3H3,(H,6,11). The Hall–Kier alpha value is 0.480. The van der Waals surface area contributed by atoms with Gasteiger partial charge in [-0.3, -0.25) is 0 Å². The molecule has 1 N–H and O–H groups in total. The van der Waals surface area contributed by atoms with Gasteiger partial charge in [-0.1, -0.05) is 0 Å². The van der Waals surface area contributed by atoms with Crippen LogP contribution >= 0.6 is 6.64 Å². The monoisotopic (exact) mass is 233 g/mol. The third kappa shape index (κ3) is 3.47. The summed E-state index contributed by atoms with van der Waals surface area (Å²) in [6, 6.07) is 0. The number of nitrogens with zero attached hydrogens (tertiary/aromatic N) is 1. The summed E-state index contributed by atoms with van der Waals surface area (Å²) < 4.78 is 27.2. The Balaban J connectivity index is 4.70. The zero-order valence-electron chi connectivity index (χ0n) is 7.09. The van der Waals surface area contributed by atoms with E-state index in [1.165, 1.54) is 7.05 Å². The molecule has 0 fully saturated rings. The van der Waals surface area contributed by atoms with E-state index in [1.54, 1.807) is 6.92 Å². The summed E-state index contributed by atoms with van der Waals surface area (Å²) in [7, 11) is -2.28. The van der Waals surface area contributed by atoms with E-state index >= 15 is 0 Å². The van der Waals surface area contributed by atoms with E-state index in [0.717, 1.165) is 6.26 Å². The average molecular weight is 233 g/mol. The van der Waals surface area contributed by atoms with Crippen LogP contribution in [0.1, 0.15) is 6.92 Å². The Morgan fingerprint density at radius 2 is 2.08 bits per heavy atom. The molecule has 0 aromatic carbocycles. The topological polar surface area (TPSA) is 66.8 Å². The summed E-state index contributed by atoms with van der Waals surface area (Å²) >= 11 is 4.60. The molecule has 0 saturated heterocycles. The minimum absolute atomic E-state index is 0.188. The van der Waals surface area contributed by atoms with Crippen LogP contribution in [0.2, 0.25) is 0 Å². The highest BCUT2D eigenvalue weighted by Crippen LogP contribution is 2.46. The molecular weight excluding hydrogens is 221 g/mol. The van der Waals surface area contributed by atoms with Gasteiger partial charge in [0.2, 0.25) is 10.0 Å². The Morgan fingerprint density at radius 3 is 2.33 bits per heavy atom. The fourth-order valence-electron chi connectivity index (χ4n) is 0.437. The van der Waals surface area contributed by atoms with Crippen molar-refractivity contribution < 1.29 is 17.8 Å². The fourth-order valence-corrected chi connectivity index (χ4v) is 3.98. The highest BCUT2D eigenvalue weighted by Gasteiger charge is 2.27. The molecule has 0 aliphatic carbocycles. The normalized spacial score (nSPS) is 17.8. The van der Waals surface area contributed by atoms with Crippen LogP contribution in [0.3, 0.4) is 0 Å². The molecule has 0 aliphatic rings. The van der Waals surface area contributed by atoms with E-state index in [4.69, 9.17) is 4.52 Å². The fraction of sp³-hybridized carbons (Fsp3) is 1.00. The van der Waals surface area contributed by atoms with Crippen molar-refractivity contribution >= 4 is 28.5 Å².